The second-order valence-corrected chi connectivity index (χ2v) is 11.0. The molecule has 0 saturated heterocycles. The highest BCUT2D eigenvalue weighted by Gasteiger charge is 2.54. The molecule has 2 aliphatic carbocycles. The van der Waals surface area contributed by atoms with Crippen LogP contribution in [0.5, 0.6) is 0 Å². The summed E-state index contributed by atoms with van der Waals surface area (Å²) in [5.41, 5.74) is 0.609. The van der Waals surface area contributed by atoms with Gasteiger partial charge in [-0.25, -0.2) is 0 Å². The molecular formula is C10H17NO2Si. The lowest BCUT2D eigenvalue weighted by molar-refractivity contribution is -0.527. The summed E-state index contributed by atoms with van der Waals surface area (Å²) < 4.78 is 0. The Kier molecular flexibility index (Phi) is 2.06. The molecule has 0 N–H and O–H groups in total. The Morgan fingerprint density at radius 2 is 2.00 bits per heavy atom. The fourth-order valence-corrected chi connectivity index (χ4v) is 6.29. The Morgan fingerprint density at radius 3 is 2.36 bits per heavy atom. The molecule has 3 nitrogen and oxygen atoms in total. The second-order valence-electron chi connectivity index (χ2n) is 5.61. The first-order valence-corrected chi connectivity index (χ1v) is 8.81. The van der Waals surface area contributed by atoms with Gasteiger partial charge in [-0.15, -0.1) is 0 Å². The molecule has 2 bridgehead atoms. The summed E-state index contributed by atoms with van der Waals surface area (Å²) in [6, 6.07) is -0.290. The molecule has 0 aromatic heterocycles. The van der Waals surface area contributed by atoms with Crippen molar-refractivity contribution in [3.8, 4) is 0 Å². The van der Waals surface area contributed by atoms with E-state index in [9.17, 15) is 10.1 Å². The standard InChI is InChI=1S/C10H17NO2Si/c1-14(2,3)10-7-4-5-8(10)9(6-7)11(12)13/h4-5,7-10H,6H2,1-3H3/t7-,8+,9+,10-/m1/s1. The molecule has 0 aromatic carbocycles. The van der Waals surface area contributed by atoms with Crippen molar-refractivity contribution in [3.05, 3.63) is 22.3 Å². The summed E-state index contributed by atoms with van der Waals surface area (Å²) in [6.07, 6.45) is 5.10. The largest absolute Gasteiger partial charge is 0.264 e. The number of nitrogens with zero attached hydrogens (tertiary/aromatic N) is 1. The Morgan fingerprint density at radius 1 is 1.36 bits per heavy atom. The second kappa shape index (κ2) is 2.92. The maximum Gasteiger partial charge on any atom is 0.219 e. The maximum atomic E-state index is 10.9. The van der Waals surface area contributed by atoms with Crippen LogP contribution in [0.2, 0.25) is 25.2 Å². The van der Waals surface area contributed by atoms with E-state index in [4.69, 9.17) is 0 Å². The van der Waals surface area contributed by atoms with E-state index >= 15 is 0 Å². The number of allylic oxidation sites excluding steroid dienone is 1. The van der Waals surface area contributed by atoms with Gasteiger partial charge < -0.3 is 0 Å². The van der Waals surface area contributed by atoms with E-state index in [1.165, 1.54) is 0 Å². The predicted molar refractivity (Wildman–Crippen MR) is 58.6 cm³/mol. The molecule has 2 aliphatic rings. The Labute approximate surface area is 85.4 Å². The minimum atomic E-state index is -1.24. The summed E-state index contributed by atoms with van der Waals surface area (Å²) >= 11 is 0. The van der Waals surface area contributed by atoms with E-state index in [1.54, 1.807) is 0 Å². The highest BCUT2D eigenvalue weighted by atomic mass is 28.3. The van der Waals surface area contributed by atoms with Gasteiger partial charge in [-0.2, -0.15) is 0 Å². The van der Waals surface area contributed by atoms with Gasteiger partial charge in [0.05, 0.1) is 0 Å². The van der Waals surface area contributed by atoms with Crippen LogP contribution in [-0.4, -0.2) is 19.0 Å². The highest BCUT2D eigenvalue weighted by Crippen LogP contribution is 2.54. The number of nitro groups is 1. The van der Waals surface area contributed by atoms with Crippen molar-refractivity contribution in [2.24, 2.45) is 11.8 Å². The number of hydrogen-bond donors (Lipinski definition) is 0. The van der Waals surface area contributed by atoms with Crippen molar-refractivity contribution in [2.75, 3.05) is 0 Å². The van der Waals surface area contributed by atoms with Crippen LogP contribution >= 0.6 is 0 Å². The van der Waals surface area contributed by atoms with Crippen LogP contribution in [0, 0.1) is 22.0 Å². The van der Waals surface area contributed by atoms with Gasteiger partial charge in [0.15, 0.2) is 0 Å². The molecule has 14 heavy (non-hydrogen) atoms. The van der Waals surface area contributed by atoms with Gasteiger partial charge in [-0.05, 0) is 11.5 Å². The van der Waals surface area contributed by atoms with Crippen LogP contribution in [0.4, 0.5) is 0 Å². The minimum Gasteiger partial charge on any atom is -0.264 e. The van der Waals surface area contributed by atoms with Crippen molar-refractivity contribution < 1.29 is 4.92 Å². The molecule has 2 rings (SSSR count). The first kappa shape index (κ1) is 9.89. The van der Waals surface area contributed by atoms with E-state index in [0.717, 1.165) is 6.42 Å². The number of fused-ring (bicyclic) bond motifs is 2. The van der Waals surface area contributed by atoms with Crippen LogP contribution in [0.15, 0.2) is 12.2 Å². The van der Waals surface area contributed by atoms with E-state index < -0.39 is 8.07 Å². The average molecular weight is 211 g/mol. The molecule has 1 saturated carbocycles. The van der Waals surface area contributed by atoms with E-state index in [-0.39, 0.29) is 16.9 Å². The number of hydrogen-bond acceptors (Lipinski definition) is 2. The first-order valence-electron chi connectivity index (χ1n) is 5.23. The molecule has 0 unspecified atom stereocenters. The third-order valence-corrected chi connectivity index (χ3v) is 6.50. The lowest BCUT2D eigenvalue weighted by Crippen LogP contribution is -2.34. The zero-order valence-electron chi connectivity index (χ0n) is 8.93. The highest BCUT2D eigenvalue weighted by molar-refractivity contribution is 6.77. The molecular weight excluding hydrogens is 194 g/mol. The Hall–Kier alpha value is -0.643. The topological polar surface area (TPSA) is 43.1 Å². The quantitative estimate of drug-likeness (QED) is 0.305. The van der Waals surface area contributed by atoms with Gasteiger partial charge in [0, 0.05) is 25.3 Å². The van der Waals surface area contributed by atoms with Crippen LogP contribution < -0.4 is 0 Å². The monoisotopic (exact) mass is 211 g/mol. The van der Waals surface area contributed by atoms with Gasteiger partial charge in [0.2, 0.25) is 6.04 Å². The summed E-state index contributed by atoms with van der Waals surface area (Å²) in [6.45, 7) is 6.98. The van der Waals surface area contributed by atoms with Crippen LogP contribution in [0.3, 0.4) is 0 Å². The molecule has 0 aromatic rings. The van der Waals surface area contributed by atoms with E-state index in [0.29, 0.717) is 11.5 Å². The SMILES string of the molecule is C[Si](C)(C)[C@H]1[C@H]2C=C[C@@H]1C[C@@H]2[N+](=O)[O-]. The normalized spacial score (nSPS) is 40.5. The molecule has 1 fully saturated rings. The molecule has 0 aliphatic heterocycles. The summed E-state index contributed by atoms with van der Waals surface area (Å²) in [7, 11) is -1.24. The van der Waals surface area contributed by atoms with E-state index in [2.05, 4.69) is 31.8 Å². The Bertz CT molecular complexity index is 295. The average Bonchev–Trinajstić information content (AvgIpc) is 2.57. The smallest absolute Gasteiger partial charge is 0.219 e. The minimum absolute atomic E-state index is 0.0681. The predicted octanol–water partition coefficient (Wildman–Crippen LogP) is 2.55. The van der Waals surface area contributed by atoms with Crippen LogP contribution in [0.25, 0.3) is 0 Å². The fraction of sp³-hybridized carbons (Fsp3) is 0.800. The zero-order chi connectivity index (χ0) is 10.5. The number of rotatable bonds is 2. The lowest BCUT2D eigenvalue weighted by Gasteiger charge is -2.28. The molecule has 0 amide bonds. The molecule has 0 radical (unpaired) electrons. The van der Waals surface area contributed by atoms with Gasteiger partial charge in [0.1, 0.15) is 0 Å². The van der Waals surface area contributed by atoms with Crippen LogP contribution in [-0.2, 0) is 0 Å². The lowest BCUT2D eigenvalue weighted by atomic mass is 10.0. The van der Waals surface area contributed by atoms with E-state index in [1.807, 2.05) is 0 Å². The summed E-state index contributed by atoms with van der Waals surface area (Å²) in [5, 5.41) is 10.9. The first-order chi connectivity index (χ1) is 6.41. The summed E-state index contributed by atoms with van der Waals surface area (Å²) in [5.74, 6) is 0.740. The molecule has 4 heteroatoms. The Balaban J connectivity index is 2.24. The maximum absolute atomic E-state index is 10.9. The van der Waals surface area contributed by atoms with Crippen LogP contribution in [0.1, 0.15) is 6.42 Å². The van der Waals surface area contributed by atoms with Crippen molar-refractivity contribution in [1.82, 2.24) is 0 Å². The third-order valence-electron chi connectivity index (χ3n) is 3.69. The van der Waals surface area contributed by atoms with Gasteiger partial charge in [-0.3, -0.25) is 10.1 Å². The van der Waals surface area contributed by atoms with Gasteiger partial charge in [0.25, 0.3) is 0 Å². The molecule has 78 valence electrons. The zero-order valence-corrected chi connectivity index (χ0v) is 9.93. The van der Waals surface area contributed by atoms with Gasteiger partial charge >= 0.3 is 0 Å². The summed E-state index contributed by atoms with van der Waals surface area (Å²) in [4.78, 5) is 10.8. The fourth-order valence-electron chi connectivity index (χ4n) is 3.27. The molecule has 0 heterocycles. The van der Waals surface area contributed by atoms with Crippen molar-refractivity contribution >= 4 is 8.07 Å². The molecule has 0 spiro atoms. The third kappa shape index (κ3) is 1.32. The van der Waals surface area contributed by atoms with Crippen molar-refractivity contribution in [1.29, 1.82) is 0 Å². The van der Waals surface area contributed by atoms with Crippen molar-refractivity contribution in [3.63, 3.8) is 0 Å². The molecule has 4 atom stereocenters. The van der Waals surface area contributed by atoms with Crippen molar-refractivity contribution in [2.45, 2.75) is 37.6 Å². The van der Waals surface area contributed by atoms with Gasteiger partial charge in [-0.1, -0.05) is 31.8 Å².